The van der Waals surface area contributed by atoms with E-state index in [0.29, 0.717) is 30.1 Å². The fraction of sp³-hybridized carbons (Fsp3) is 0.611. The number of piperidine rings is 1. The van der Waals surface area contributed by atoms with Gasteiger partial charge in [0.25, 0.3) is 11.5 Å². The summed E-state index contributed by atoms with van der Waals surface area (Å²) in [6, 6.07) is 9.74. The minimum atomic E-state index is -1.34. The number of carbonyl (C=O) groups excluding carboxylic acids is 2. The van der Waals surface area contributed by atoms with E-state index in [2.05, 4.69) is 0 Å². The van der Waals surface area contributed by atoms with E-state index >= 15 is 0 Å². The Morgan fingerprint density at radius 1 is 1.00 bits per heavy atom. The number of aliphatic hydroxyl groups is 2. The second-order valence-corrected chi connectivity index (χ2v) is 14.6. The van der Waals surface area contributed by atoms with Gasteiger partial charge in [0.15, 0.2) is 0 Å². The summed E-state index contributed by atoms with van der Waals surface area (Å²) in [5, 5.41) is 31.7. The van der Waals surface area contributed by atoms with E-state index in [1.165, 1.54) is 58.7 Å². The van der Waals surface area contributed by atoms with Crippen molar-refractivity contribution < 1.29 is 29.7 Å². The number of carboxylic acid groups (broad SMARTS) is 1. The van der Waals surface area contributed by atoms with Gasteiger partial charge in [-0.25, -0.2) is 4.79 Å². The molecule has 11 heteroatoms. The molecule has 1 saturated carbocycles. The lowest BCUT2D eigenvalue weighted by molar-refractivity contribution is -0.157. The maximum absolute atomic E-state index is 14.2. The molecule has 3 atom stereocenters. The highest BCUT2D eigenvalue weighted by Crippen LogP contribution is 2.41. The molecule has 3 aliphatic rings. The van der Waals surface area contributed by atoms with E-state index in [0.717, 1.165) is 6.42 Å². The zero-order chi connectivity index (χ0) is 33.9. The van der Waals surface area contributed by atoms with Gasteiger partial charge in [0.05, 0.1) is 30.4 Å². The van der Waals surface area contributed by atoms with Crippen molar-refractivity contribution in [3.8, 4) is 11.1 Å². The number of piperazine rings is 1. The maximum atomic E-state index is 14.2. The van der Waals surface area contributed by atoms with Gasteiger partial charge in [-0.2, -0.15) is 0 Å². The smallest absolute Gasteiger partial charge is 0.407 e. The number of hydrogen-bond donors (Lipinski definition) is 3. The fourth-order valence-electron chi connectivity index (χ4n) is 7.79. The van der Waals surface area contributed by atoms with E-state index in [-0.39, 0.29) is 55.5 Å². The number of likely N-dealkylation sites (tertiary alicyclic amines) is 1. The maximum Gasteiger partial charge on any atom is 0.407 e. The quantitative estimate of drug-likeness (QED) is 0.393. The lowest BCUT2D eigenvalue weighted by atomic mass is 9.69. The van der Waals surface area contributed by atoms with Crippen molar-refractivity contribution in [1.82, 2.24) is 19.3 Å². The average molecular weight is 651 g/mol. The molecule has 1 unspecified atom stereocenters. The van der Waals surface area contributed by atoms with Gasteiger partial charge in [0, 0.05) is 61.9 Å². The highest BCUT2D eigenvalue weighted by Gasteiger charge is 2.49. The number of amides is 3. The highest BCUT2D eigenvalue weighted by atomic mass is 16.4. The molecule has 0 radical (unpaired) electrons. The third-order valence-corrected chi connectivity index (χ3v) is 10.9. The Morgan fingerprint density at radius 3 is 2.34 bits per heavy atom. The third-order valence-electron chi connectivity index (χ3n) is 10.9. The van der Waals surface area contributed by atoms with E-state index in [1.807, 2.05) is 43.9 Å². The van der Waals surface area contributed by atoms with Crippen LogP contribution in [-0.4, -0.2) is 103 Å². The Balaban J connectivity index is 1.40. The van der Waals surface area contributed by atoms with Crippen molar-refractivity contribution in [2.45, 2.75) is 83.9 Å². The molecule has 3 amide bonds. The van der Waals surface area contributed by atoms with E-state index in [4.69, 9.17) is 0 Å². The molecule has 5 rings (SSSR count). The molecule has 3 heterocycles. The summed E-state index contributed by atoms with van der Waals surface area (Å²) in [6.07, 6.45) is 7.66. The largest absolute Gasteiger partial charge is 0.465 e. The van der Waals surface area contributed by atoms with Crippen molar-refractivity contribution >= 4 is 17.9 Å². The van der Waals surface area contributed by atoms with Gasteiger partial charge in [0.1, 0.15) is 0 Å². The van der Waals surface area contributed by atoms with Crippen LogP contribution in [0.4, 0.5) is 4.79 Å². The molecule has 1 aromatic heterocycles. The first kappa shape index (κ1) is 34.6. The Kier molecular flexibility index (Phi) is 10.5. The Hall–Kier alpha value is -3.70. The molecule has 2 aromatic rings. The number of carbonyl (C=O) groups is 3. The summed E-state index contributed by atoms with van der Waals surface area (Å²) in [7, 11) is 0. The number of aliphatic hydroxyl groups excluding tert-OH is 1. The number of rotatable bonds is 8. The van der Waals surface area contributed by atoms with Crippen LogP contribution in [0.5, 0.6) is 0 Å². The highest BCUT2D eigenvalue weighted by molar-refractivity contribution is 6.01. The van der Waals surface area contributed by atoms with Crippen LogP contribution in [0.25, 0.3) is 11.1 Å². The third kappa shape index (κ3) is 7.41. The van der Waals surface area contributed by atoms with E-state index in [1.54, 1.807) is 12.1 Å². The monoisotopic (exact) mass is 650 g/mol. The van der Waals surface area contributed by atoms with Crippen LogP contribution in [-0.2, 0) is 11.3 Å². The topological polar surface area (TPSA) is 144 Å². The standard InChI is InChI=1S/C36H50N4O7/c1-25(18-26-10-6-4-7-11-26)32(43)38-15-14-36(47,35(2,3)23-38)24-39-21-30(29(19-31(39)42)27-12-8-5-9-13-27)33(44)40-17-16-37(34(45)46)20-28(40)22-41/h5,8-9,12-13,19,21,25-26,28,41,47H,4,6-7,10-11,14-18,20,22-24H2,1-3H3,(H,45,46)/t25?,28-,36+/m0/s1. The summed E-state index contributed by atoms with van der Waals surface area (Å²) >= 11 is 0. The second-order valence-electron chi connectivity index (χ2n) is 14.6. The van der Waals surface area contributed by atoms with Crippen LogP contribution < -0.4 is 5.56 Å². The van der Waals surface area contributed by atoms with Crippen molar-refractivity contribution in [1.29, 1.82) is 0 Å². The molecule has 11 nitrogen and oxygen atoms in total. The molecule has 1 aromatic carbocycles. The van der Waals surface area contributed by atoms with Crippen LogP contribution in [0.1, 0.15) is 76.1 Å². The van der Waals surface area contributed by atoms with Gasteiger partial charge in [-0.05, 0) is 24.3 Å². The zero-order valence-electron chi connectivity index (χ0n) is 27.9. The van der Waals surface area contributed by atoms with Gasteiger partial charge in [0.2, 0.25) is 5.91 Å². The molecule has 256 valence electrons. The van der Waals surface area contributed by atoms with Crippen LogP contribution in [0, 0.1) is 17.3 Å². The summed E-state index contributed by atoms with van der Waals surface area (Å²) in [4.78, 5) is 57.4. The minimum absolute atomic E-state index is 0.0275. The lowest BCUT2D eigenvalue weighted by Crippen LogP contribution is -2.61. The predicted octanol–water partition coefficient (Wildman–Crippen LogP) is 3.91. The molecule has 3 N–H and O–H groups in total. The summed E-state index contributed by atoms with van der Waals surface area (Å²) in [5.74, 6) is 0.195. The molecule has 1 aliphatic carbocycles. The van der Waals surface area contributed by atoms with Crippen LogP contribution in [0.3, 0.4) is 0 Å². The first-order valence-electron chi connectivity index (χ1n) is 17.0. The Bertz CT molecular complexity index is 1500. The molecular formula is C36H50N4O7. The summed E-state index contributed by atoms with van der Waals surface area (Å²) < 4.78 is 1.38. The average Bonchev–Trinajstić information content (AvgIpc) is 3.06. The molecule has 0 bridgehead atoms. The van der Waals surface area contributed by atoms with Crippen molar-refractivity contribution in [3.63, 3.8) is 0 Å². The first-order valence-corrected chi connectivity index (χ1v) is 17.0. The Morgan fingerprint density at radius 2 is 1.70 bits per heavy atom. The molecule has 3 fully saturated rings. The molecular weight excluding hydrogens is 600 g/mol. The van der Waals surface area contributed by atoms with Gasteiger partial charge in [-0.3, -0.25) is 14.4 Å². The van der Waals surface area contributed by atoms with E-state index < -0.39 is 35.7 Å². The van der Waals surface area contributed by atoms with Gasteiger partial charge in [-0.15, -0.1) is 0 Å². The van der Waals surface area contributed by atoms with Gasteiger partial charge >= 0.3 is 6.09 Å². The SMILES string of the molecule is CC(CC1CCCCC1)C(=O)N1CC[C@@](O)(Cn2cc(C(=O)N3CCN(C(=O)O)C[C@H]3CO)c(-c3ccccc3)cc2=O)C(C)(C)C1. The molecule has 47 heavy (non-hydrogen) atoms. The summed E-state index contributed by atoms with van der Waals surface area (Å²) in [6.45, 7) is 6.25. The van der Waals surface area contributed by atoms with Crippen molar-refractivity contribution in [2.24, 2.45) is 17.3 Å². The minimum Gasteiger partial charge on any atom is -0.465 e. The number of hydrogen-bond acceptors (Lipinski definition) is 6. The van der Waals surface area contributed by atoms with Gasteiger partial charge < -0.3 is 34.6 Å². The van der Waals surface area contributed by atoms with Crippen molar-refractivity contribution in [3.05, 3.63) is 58.5 Å². The normalized spacial score (nSPS) is 24.2. The van der Waals surface area contributed by atoms with Crippen LogP contribution >= 0.6 is 0 Å². The fourth-order valence-corrected chi connectivity index (χ4v) is 7.79. The van der Waals surface area contributed by atoms with Gasteiger partial charge in [-0.1, -0.05) is 83.2 Å². The number of nitrogens with zero attached hydrogens (tertiary/aromatic N) is 4. The molecule has 2 aliphatic heterocycles. The lowest BCUT2D eigenvalue weighted by Gasteiger charge is -2.51. The summed E-state index contributed by atoms with van der Waals surface area (Å²) in [5.41, 5.74) is -1.15. The van der Waals surface area contributed by atoms with E-state index in [9.17, 15) is 34.5 Å². The van der Waals surface area contributed by atoms with Crippen molar-refractivity contribution in [2.75, 3.05) is 39.3 Å². The van der Waals surface area contributed by atoms with Crippen LogP contribution in [0.2, 0.25) is 0 Å². The Labute approximate surface area is 276 Å². The number of aromatic nitrogens is 1. The zero-order valence-corrected chi connectivity index (χ0v) is 27.9. The predicted molar refractivity (Wildman–Crippen MR) is 178 cm³/mol. The molecule has 2 saturated heterocycles. The number of pyridine rings is 1. The second kappa shape index (κ2) is 14.2. The number of benzene rings is 1. The molecule has 0 spiro atoms. The first-order chi connectivity index (χ1) is 22.3. The van der Waals surface area contributed by atoms with Crippen LogP contribution in [0.15, 0.2) is 47.4 Å².